The topological polar surface area (TPSA) is 63.4 Å². The molecule has 2 N–H and O–H groups in total. The van der Waals surface area contributed by atoms with Crippen LogP contribution < -0.4 is 5.73 Å². The van der Waals surface area contributed by atoms with Crippen LogP contribution in [0.3, 0.4) is 0 Å². The highest BCUT2D eigenvalue weighted by molar-refractivity contribution is 7.89. The van der Waals surface area contributed by atoms with Crippen LogP contribution in [0.1, 0.15) is 44.2 Å². The Labute approximate surface area is 126 Å². The minimum absolute atomic E-state index is 0.00556. The van der Waals surface area contributed by atoms with E-state index in [1.54, 1.807) is 4.31 Å². The fourth-order valence-electron chi connectivity index (χ4n) is 3.07. The Kier molecular flexibility index (Phi) is 4.70. The highest BCUT2D eigenvalue weighted by Crippen LogP contribution is 2.34. The van der Waals surface area contributed by atoms with E-state index in [1.165, 1.54) is 19.1 Å². The third kappa shape index (κ3) is 2.84. The van der Waals surface area contributed by atoms with Crippen LogP contribution in [0.4, 0.5) is 4.39 Å². The Morgan fingerprint density at radius 3 is 2.62 bits per heavy atom. The monoisotopic (exact) mass is 314 g/mol. The van der Waals surface area contributed by atoms with Crippen molar-refractivity contribution in [2.45, 2.75) is 63.6 Å². The van der Waals surface area contributed by atoms with E-state index < -0.39 is 15.8 Å². The summed E-state index contributed by atoms with van der Waals surface area (Å²) < 4.78 is 41.5. The Hall–Kier alpha value is -0.980. The van der Waals surface area contributed by atoms with Crippen molar-refractivity contribution in [2.24, 2.45) is 5.73 Å². The standard InChI is InChI=1S/C15H23FN2O2S/c1-4-13-6-5-10(2)18(13)21(19,20)15-8-12(9-17)7-14(16)11(15)3/h7-8,10,13H,4-6,9,17H2,1-3H3. The summed E-state index contributed by atoms with van der Waals surface area (Å²) in [6.45, 7) is 5.51. The molecule has 21 heavy (non-hydrogen) atoms. The predicted molar refractivity (Wildman–Crippen MR) is 80.8 cm³/mol. The van der Waals surface area contributed by atoms with E-state index >= 15 is 0 Å². The molecule has 1 aromatic rings. The second kappa shape index (κ2) is 6.02. The first-order valence-corrected chi connectivity index (χ1v) is 8.79. The van der Waals surface area contributed by atoms with Gasteiger partial charge in [0, 0.05) is 24.2 Å². The smallest absolute Gasteiger partial charge is 0.243 e. The molecule has 1 fully saturated rings. The van der Waals surface area contributed by atoms with Gasteiger partial charge in [-0.15, -0.1) is 0 Å². The first kappa shape index (κ1) is 16.4. The van der Waals surface area contributed by atoms with E-state index in [-0.39, 0.29) is 29.1 Å². The molecule has 1 heterocycles. The van der Waals surface area contributed by atoms with E-state index in [4.69, 9.17) is 5.73 Å². The molecule has 4 nitrogen and oxygen atoms in total. The molecular weight excluding hydrogens is 291 g/mol. The van der Waals surface area contributed by atoms with Gasteiger partial charge in [-0.2, -0.15) is 4.31 Å². The van der Waals surface area contributed by atoms with Crippen molar-refractivity contribution >= 4 is 10.0 Å². The second-order valence-electron chi connectivity index (χ2n) is 5.73. The molecule has 2 atom stereocenters. The predicted octanol–water partition coefficient (Wildman–Crippen LogP) is 2.54. The highest BCUT2D eigenvalue weighted by Gasteiger charge is 2.40. The third-order valence-corrected chi connectivity index (χ3v) is 6.52. The fourth-order valence-corrected chi connectivity index (χ4v) is 5.31. The molecule has 2 rings (SSSR count). The molecule has 1 saturated heterocycles. The van der Waals surface area contributed by atoms with Crippen LogP contribution in [-0.4, -0.2) is 24.8 Å². The molecule has 0 saturated carbocycles. The van der Waals surface area contributed by atoms with Gasteiger partial charge in [0.2, 0.25) is 10.0 Å². The van der Waals surface area contributed by atoms with Gasteiger partial charge in [0.1, 0.15) is 5.82 Å². The summed E-state index contributed by atoms with van der Waals surface area (Å²) in [5.41, 5.74) is 6.20. The zero-order chi connectivity index (χ0) is 15.8. The molecule has 1 aliphatic heterocycles. The Morgan fingerprint density at radius 2 is 2.05 bits per heavy atom. The summed E-state index contributed by atoms with van der Waals surface area (Å²) in [6.07, 6.45) is 2.46. The minimum atomic E-state index is -3.70. The van der Waals surface area contributed by atoms with Crippen molar-refractivity contribution in [2.75, 3.05) is 0 Å². The molecule has 0 radical (unpaired) electrons. The van der Waals surface area contributed by atoms with Crippen LogP contribution in [0.2, 0.25) is 0 Å². The summed E-state index contributed by atoms with van der Waals surface area (Å²) in [6, 6.07) is 2.75. The Morgan fingerprint density at radius 1 is 1.38 bits per heavy atom. The number of hydrogen-bond acceptors (Lipinski definition) is 3. The van der Waals surface area contributed by atoms with Crippen LogP contribution >= 0.6 is 0 Å². The van der Waals surface area contributed by atoms with E-state index in [9.17, 15) is 12.8 Å². The van der Waals surface area contributed by atoms with Gasteiger partial charge < -0.3 is 5.73 Å². The summed E-state index contributed by atoms with van der Waals surface area (Å²) in [5, 5.41) is 0. The number of halogens is 1. The molecule has 0 bridgehead atoms. The molecular formula is C15H23FN2O2S. The molecule has 0 aromatic heterocycles. The van der Waals surface area contributed by atoms with Gasteiger partial charge in [-0.05, 0) is 50.8 Å². The maximum atomic E-state index is 14.0. The lowest BCUT2D eigenvalue weighted by Gasteiger charge is -2.28. The van der Waals surface area contributed by atoms with E-state index in [1.807, 2.05) is 13.8 Å². The maximum absolute atomic E-state index is 14.0. The van der Waals surface area contributed by atoms with Crippen LogP contribution in [0.5, 0.6) is 0 Å². The largest absolute Gasteiger partial charge is 0.326 e. The quantitative estimate of drug-likeness (QED) is 0.929. The Balaban J connectivity index is 2.56. The maximum Gasteiger partial charge on any atom is 0.243 e. The number of benzene rings is 1. The van der Waals surface area contributed by atoms with E-state index in [2.05, 4.69) is 0 Å². The molecule has 6 heteroatoms. The first-order chi connectivity index (χ1) is 9.82. The Bertz CT molecular complexity index is 631. The molecule has 0 amide bonds. The van der Waals surface area contributed by atoms with Crippen LogP contribution in [-0.2, 0) is 16.6 Å². The van der Waals surface area contributed by atoms with Crippen molar-refractivity contribution in [3.05, 3.63) is 29.1 Å². The SMILES string of the molecule is CCC1CCC(C)N1S(=O)(=O)c1cc(CN)cc(F)c1C. The lowest BCUT2D eigenvalue weighted by Crippen LogP contribution is -2.40. The van der Waals surface area contributed by atoms with Gasteiger partial charge in [0.15, 0.2) is 0 Å². The van der Waals surface area contributed by atoms with E-state index in [0.29, 0.717) is 5.56 Å². The number of sulfonamides is 1. The lowest BCUT2D eigenvalue weighted by atomic mass is 10.1. The molecule has 0 spiro atoms. The average Bonchev–Trinajstić information content (AvgIpc) is 2.83. The molecule has 0 aliphatic carbocycles. The number of nitrogens with zero attached hydrogens (tertiary/aromatic N) is 1. The zero-order valence-electron chi connectivity index (χ0n) is 12.8. The van der Waals surface area contributed by atoms with Gasteiger partial charge >= 0.3 is 0 Å². The van der Waals surface area contributed by atoms with Crippen molar-refractivity contribution < 1.29 is 12.8 Å². The van der Waals surface area contributed by atoms with Crippen molar-refractivity contribution in [1.82, 2.24) is 4.31 Å². The van der Waals surface area contributed by atoms with Gasteiger partial charge in [0.25, 0.3) is 0 Å². The van der Waals surface area contributed by atoms with Crippen molar-refractivity contribution in [1.29, 1.82) is 0 Å². The van der Waals surface area contributed by atoms with Crippen LogP contribution in [0, 0.1) is 12.7 Å². The number of nitrogens with two attached hydrogens (primary N) is 1. The number of rotatable bonds is 4. The summed E-state index contributed by atoms with van der Waals surface area (Å²) in [7, 11) is -3.70. The second-order valence-corrected chi connectivity index (χ2v) is 7.54. The highest BCUT2D eigenvalue weighted by atomic mass is 32.2. The van der Waals surface area contributed by atoms with Gasteiger partial charge in [0.05, 0.1) is 4.90 Å². The third-order valence-electron chi connectivity index (χ3n) is 4.33. The summed E-state index contributed by atoms with van der Waals surface area (Å²) >= 11 is 0. The van der Waals surface area contributed by atoms with E-state index in [0.717, 1.165) is 19.3 Å². The first-order valence-electron chi connectivity index (χ1n) is 7.35. The van der Waals surface area contributed by atoms with Gasteiger partial charge in [-0.25, -0.2) is 12.8 Å². The fraction of sp³-hybridized carbons (Fsp3) is 0.600. The van der Waals surface area contributed by atoms with Crippen LogP contribution in [0.25, 0.3) is 0 Å². The summed E-state index contributed by atoms with van der Waals surface area (Å²) in [4.78, 5) is 0.0511. The average molecular weight is 314 g/mol. The van der Waals surface area contributed by atoms with Crippen LogP contribution in [0.15, 0.2) is 17.0 Å². The molecule has 118 valence electrons. The number of hydrogen-bond donors (Lipinski definition) is 1. The van der Waals surface area contributed by atoms with Crippen molar-refractivity contribution in [3.8, 4) is 0 Å². The van der Waals surface area contributed by atoms with Crippen molar-refractivity contribution in [3.63, 3.8) is 0 Å². The van der Waals surface area contributed by atoms with Gasteiger partial charge in [-0.3, -0.25) is 0 Å². The molecule has 2 unspecified atom stereocenters. The molecule has 1 aromatic carbocycles. The minimum Gasteiger partial charge on any atom is -0.326 e. The summed E-state index contributed by atoms with van der Waals surface area (Å²) in [5.74, 6) is -0.517. The van der Waals surface area contributed by atoms with Gasteiger partial charge in [-0.1, -0.05) is 6.92 Å². The lowest BCUT2D eigenvalue weighted by molar-refractivity contribution is 0.328. The zero-order valence-corrected chi connectivity index (χ0v) is 13.6. The normalized spacial score (nSPS) is 23.7. The molecule has 1 aliphatic rings.